The van der Waals surface area contributed by atoms with Crippen LogP contribution >= 0.6 is 0 Å². The number of benzene rings is 3. The van der Waals surface area contributed by atoms with E-state index in [0.29, 0.717) is 31.9 Å². The summed E-state index contributed by atoms with van der Waals surface area (Å²) < 4.78 is 9.57. The molecule has 2 saturated heterocycles. The van der Waals surface area contributed by atoms with E-state index in [0.717, 1.165) is 63.1 Å². The fraction of sp³-hybridized carbons (Fsp3) is 0.426. The number of carbonyl (C=O) groups excluding carboxylic acids is 5. The lowest BCUT2D eigenvalue weighted by Gasteiger charge is -2.30. The SMILES string of the molecule is COC(=O)NC(C(=O)N1C[C@@H](CNC(C)=O)C[C@H]1c1ncc(-c2ccc(-c3ccc4cc(-c5cnc([C@@H]6CCCN6C(=O)[C@@H](NC(=O)OC)C(C)C)[nH]5)ccc4c3)cc2)[nH]1)C(C)C. The van der Waals surface area contributed by atoms with Gasteiger partial charge >= 0.3 is 12.2 Å². The average molecular weight is 860 g/mol. The third kappa shape index (κ3) is 9.84. The number of aromatic amines is 2. The molecule has 2 fully saturated rings. The monoisotopic (exact) mass is 859 g/mol. The zero-order chi connectivity index (χ0) is 44.9. The van der Waals surface area contributed by atoms with E-state index in [1.807, 2.05) is 50.9 Å². The fourth-order valence-electron chi connectivity index (χ4n) is 8.67. The summed E-state index contributed by atoms with van der Waals surface area (Å²) in [6.45, 7) is 10.4. The van der Waals surface area contributed by atoms with Crippen LogP contribution in [0.1, 0.15) is 77.6 Å². The number of likely N-dealkylation sites (tertiary alicyclic amines) is 2. The maximum Gasteiger partial charge on any atom is 0.407 e. The van der Waals surface area contributed by atoms with Gasteiger partial charge in [0.05, 0.1) is 50.1 Å². The highest BCUT2D eigenvalue weighted by Crippen LogP contribution is 2.37. The number of nitrogens with one attached hydrogen (secondary N) is 5. The maximum absolute atomic E-state index is 14.0. The molecule has 0 saturated carbocycles. The van der Waals surface area contributed by atoms with Crippen molar-refractivity contribution in [3.8, 4) is 33.6 Å². The molecule has 5 amide bonds. The quantitative estimate of drug-likeness (QED) is 0.0850. The van der Waals surface area contributed by atoms with Crippen molar-refractivity contribution in [3.05, 3.63) is 84.7 Å². The molecule has 16 heteroatoms. The number of fused-ring (bicyclic) bond motifs is 1. The molecule has 332 valence electrons. The van der Waals surface area contributed by atoms with Gasteiger partial charge in [-0.2, -0.15) is 0 Å². The summed E-state index contributed by atoms with van der Waals surface area (Å²) in [7, 11) is 2.55. The Bertz CT molecular complexity index is 2460. The first-order chi connectivity index (χ1) is 30.2. The molecule has 0 spiro atoms. The minimum Gasteiger partial charge on any atom is -0.453 e. The Hall–Kier alpha value is -6.71. The van der Waals surface area contributed by atoms with Crippen molar-refractivity contribution < 1.29 is 33.4 Å². The lowest BCUT2D eigenvalue weighted by Crippen LogP contribution is -2.51. The number of amides is 5. The number of ether oxygens (including phenoxy) is 2. The van der Waals surface area contributed by atoms with Crippen LogP contribution in [0.15, 0.2) is 73.1 Å². The van der Waals surface area contributed by atoms with Gasteiger partial charge < -0.3 is 45.2 Å². The van der Waals surface area contributed by atoms with Gasteiger partial charge in [-0.15, -0.1) is 0 Å². The molecule has 5 N–H and O–H groups in total. The van der Waals surface area contributed by atoms with E-state index in [-0.39, 0.29) is 47.6 Å². The van der Waals surface area contributed by atoms with Gasteiger partial charge in [0.1, 0.15) is 23.7 Å². The first kappa shape index (κ1) is 44.3. The summed E-state index contributed by atoms with van der Waals surface area (Å²) in [6.07, 6.45) is 4.48. The van der Waals surface area contributed by atoms with Crippen LogP contribution in [0.3, 0.4) is 0 Å². The Balaban J connectivity index is 1.04. The molecule has 7 rings (SSSR count). The Morgan fingerprint density at radius 1 is 0.698 bits per heavy atom. The molecule has 2 aliphatic rings. The molecule has 0 aliphatic carbocycles. The second kappa shape index (κ2) is 19.1. The average Bonchev–Trinajstić information content (AvgIpc) is 4.12. The molecule has 0 bridgehead atoms. The van der Waals surface area contributed by atoms with Crippen molar-refractivity contribution in [3.63, 3.8) is 0 Å². The van der Waals surface area contributed by atoms with Crippen LogP contribution in [0.25, 0.3) is 44.4 Å². The number of alkyl carbamates (subject to hydrolysis) is 2. The van der Waals surface area contributed by atoms with Gasteiger partial charge in [0.15, 0.2) is 0 Å². The molecule has 5 atom stereocenters. The molecule has 5 aromatic rings. The molecule has 1 unspecified atom stereocenters. The predicted octanol–water partition coefficient (Wildman–Crippen LogP) is 6.74. The summed E-state index contributed by atoms with van der Waals surface area (Å²) in [5.41, 5.74) is 5.68. The lowest BCUT2D eigenvalue weighted by atomic mass is 9.98. The van der Waals surface area contributed by atoms with Crippen molar-refractivity contribution in [1.29, 1.82) is 0 Å². The van der Waals surface area contributed by atoms with Crippen LogP contribution in [-0.2, 0) is 23.9 Å². The van der Waals surface area contributed by atoms with Gasteiger partial charge in [-0.3, -0.25) is 14.4 Å². The molecule has 16 nitrogen and oxygen atoms in total. The maximum atomic E-state index is 14.0. The second-order valence-electron chi connectivity index (χ2n) is 17.2. The number of aromatic nitrogens is 4. The van der Waals surface area contributed by atoms with Gasteiger partial charge in [0, 0.05) is 32.1 Å². The van der Waals surface area contributed by atoms with E-state index in [1.165, 1.54) is 21.1 Å². The molecule has 0 radical (unpaired) electrons. The zero-order valence-electron chi connectivity index (χ0n) is 36.9. The summed E-state index contributed by atoms with van der Waals surface area (Å²) in [4.78, 5) is 83.4. The topological polar surface area (TPSA) is 204 Å². The number of methoxy groups -OCH3 is 2. The highest BCUT2D eigenvalue weighted by molar-refractivity contribution is 5.91. The van der Waals surface area contributed by atoms with E-state index in [4.69, 9.17) is 19.4 Å². The van der Waals surface area contributed by atoms with Crippen LogP contribution in [0.4, 0.5) is 9.59 Å². The molecular weight excluding hydrogens is 803 g/mol. The lowest BCUT2D eigenvalue weighted by molar-refractivity contribution is -0.136. The summed E-state index contributed by atoms with van der Waals surface area (Å²) >= 11 is 0. The van der Waals surface area contributed by atoms with Crippen molar-refractivity contribution in [2.24, 2.45) is 17.8 Å². The number of rotatable bonds is 13. The van der Waals surface area contributed by atoms with Crippen molar-refractivity contribution >= 4 is 40.7 Å². The van der Waals surface area contributed by atoms with E-state index in [9.17, 15) is 24.0 Å². The Kier molecular flexibility index (Phi) is 13.5. The van der Waals surface area contributed by atoms with Crippen molar-refractivity contribution in [2.45, 2.75) is 78.0 Å². The Labute approximate surface area is 366 Å². The number of carbonyl (C=O) groups is 5. The van der Waals surface area contributed by atoms with Crippen LogP contribution in [0.5, 0.6) is 0 Å². The van der Waals surface area contributed by atoms with Crippen LogP contribution in [0, 0.1) is 17.8 Å². The molecule has 2 aliphatic heterocycles. The number of H-pyrrole nitrogens is 2. The van der Waals surface area contributed by atoms with Crippen molar-refractivity contribution in [1.82, 2.24) is 45.7 Å². The number of hydrogen-bond donors (Lipinski definition) is 5. The molecule has 63 heavy (non-hydrogen) atoms. The highest BCUT2D eigenvalue weighted by atomic mass is 16.5. The largest absolute Gasteiger partial charge is 0.453 e. The predicted molar refractivity (Wildman–Crippen MR) is 238 cm³/mol. The van der Waals surface area contributed by atoms with E-state index >= 15 is 0 Å². The standard InChI is InChI=1S/C47H57N9O7/c1-26(2)40(53-46(60)62-6)44(58)55-18-8-9-38(55)42-49-24-37(52-42)35-17-16-33-20-32(14-15-34(33)21-35)30-10-12-31(13-11-30)36-23-50-43(51-36)39-19-29(22-48-28(5)57)25-56(39)45(59)41(27(3)4)54-47(61)63-7/h10-17,20-21,23-24,26-27,29,38-41H,8-9,18-19,22,25H2,1-7H3,(H,48,57)(H,49,52)(H,50,51)(H,53,60)(H,54,61)/t29-,38+,39+,40+,41?/m1/s1. The van der Waals surface area contributed by atoms with Gasteiger partial charge in [-0.25, -0.2) is 19.6 Å². The smallest absolute Gasteiger partial charge is 0.407 e. The normalized spacial score (nSPS) is 18.4. The first-order valence-corrected chi connectivity index (χ1v) is 21.5. The first-order valence-electron chi connectivity index (χ1n) is 21.5. The highest BCUT2D eigenvalue weighted by Gasteiger charge is 2.42. The van der Waals surface area contributed by atoms with Crippen LogP contribution in [-0.4, -0.2) is 106 Å². The van der Waals surface area contributed by atoms with Crippen molar-refractivity contribution in [2.75, 3.05) is 33.9 Å². The summed E-state index contributed by atoms with van der Waals surface area (Å²) in [6, 6.07) is 18.8. The molecular formula is C47H57N9O7. The zero-order valence-corrected chi connectivity index (χ0v) is 36.9. The third-order valence-electron chi connectivity index (χ3n) is 12.1. The second-order valence-corrected chi connectivity index (χ2v) is 17.2. The van der Waals surface area contributed by atoms with Gasteiger partial charge in [-0.1, -0.05) is 76.2 Å². The van der Waals surface area contributed by atoms with E-state index in [2.05, 4.69) is 74.4 Å². The fourth-order valence-corrected chi connectivity index (χ4v) is 8.67. The molecule has 2 aromatic heterocycles. The molecule has 4 heterocycles. The summed E-state index contributed by atoms with van der Waals surface area (Å²) in [5.74, 6) is 0.534. The van der Waals surface area contributed by atoms with Gasteiger partial charge in [0.25, 0.3) is 0 Å². The Morgan fingerprint density at radius 2 is 1.21 bits per heavy atom. The summed E-state index contributed by atoms with van der Waals surface area (Å²) in [5, 5.41) is 10.4. The van der Waals surface area contributed by atoms with E-state index < -0.39 is 24.3 Å². The van der Waals surface area contributed by atoms with Gasteiger partial charge in [-0.05, 0) is 76.6 Å². The van der Waals surface area contributed by atoms with Gasteiger partial charge in [0.2, 0.25) is 17.7 Å². The van der Waals surface area contributed by atoms with Crippen LogP contribution in [0.2, 0.25) is 0 Å². The number of hydrogen-bond acceptors (Lipinski definition) is 9. The Morgan fingerprint density at radius 3 is 1.78 bits per heavy atom. The minimum absolute atomic E-state index is 0.00275. The van der Waals surface area contributed by atoms with Crippen LogP contribution < -0.4 is 16.0 Å². The molecule has 3 aromatic carbocycles. The van der Waals surface area contributed by atoms with E-state index in [1.54, 1.807) is 11.1 Å². The number of nitrogens with zero attached hydrogens (tertiary/aromatic N) is 4. The number of imidazole rings is 2. The minimum atomic E-state index is -0.792. The third-order valence-corrected chi connectivity index (χ3v) is 12.1.